The number of hydrogen-bond acceptors (Lipinski definition) is 3. The number of nitrogens with zero attached hydrogens (tertiary/aromatic N) is 1. The van der Waals surface area contributed by atoms with Crippen LogP contribution in [0.4, 0.5) is 0 Å². The summed E-state index contributed by atoms with van der Waals surface area (Å²) in [4.78, 5) is 24.9. The summed E-state index contributed by atoms with van der Waals surface area (Å²) >= 11 is 3.07. The Morgan fingerprint density at radius 3 is 2.94 bits per heavy atom. The molecule has 1 N–H and O–H groups in total. The summed E-state index contributed by atoms with van der Waals surface area (Å²) in [6.45, 7) is 5.77. The normalized spacial score (nSPS) is 12.4. The van der Waals surface area contributed by atoms with Crippen LogP contribution in [0.5, 0.6) is 0 Å². The molecule has 0 bridgehead atoms. The van der Waals surface area contributed by atoms with Gasteiger partial charge < -0.3 is 4.74 Å². The Hall–Kier alpha value is -1.14. The molecule has 16 heavy (non-hydrogen) atoms. The molecule has 0 spiro atoms. The van der Waals surface area contributed by atoms with Gasteiger partial charge in [0.25, 0.3) is 5.56 Å². The van der Waals surface area contributed by atoms with E-state index in [1.165, 1.54) is 10.8 Å². The zero-order chi connectivity index (χ0) is 12.1. The van der Waals surface area contributed by atoms with Gasteiger partial charge in [-0.1, -0.05) is 13.0 Å². The molecule has 0 fully saturated rings. The van der Waals surface area contributed by atoms with Crippen molar-refractivity contribution >= 4 is 15.9 Å². The number of aromatic nitrogens is 2. The van der Waals surface area contributed by atoms with Gasteiger partial charge in [0.2, 0.25) is 0 Å². The highest BCUT2D eigenvalue weighted by molar-refractivity contribution is 9.10. The van der Waals surface area contributed by atoms with Crippen molar-refractivity contribution in [2.45, 2.75) is 19.6 Å². The minimum Gasteiger partial charge on any atom is -0.354 e. The minimum absolute atomic E-state index is 0.299. The molecule has 0 aliphatic heterocycles. The molecule has 1 aromatic heterocycles. The van der Waals surface area contributed by atoms with Gasteiger partial charge in [0, 0.05) is 6.20 Å². The highest BCUT2D eigenvalue weighted by atomic mass is 79.9. The third kappa shape index (κ3) is 2.93. The van der Waals surface area contributed by atoms with Crippen LogP contribution in [0, 0.1) is 0 Å². The van der Waals surface area contributed by atoms with Gasteiger partial charge in [-0.05, 0) is 22.4 Å². The Labute approximate surface area is 101 Å². The maximum Gasteiger partial charge on any atom is 0.330 e. The van der Waals surface area contributed by atoms with Crippen LogP contribution >= 0.6 is 15.9 Å². The first-order chi connectivity index (χ1) is 7.60. The molecule has 1 heterocycles. The summed E-state index contributed by atoms with van der Waals surface area (Å²) < 4.78 is 7.05. The van der Waals surface area contributed by atoms with E-state index in [4.69, 9.17) is 4.74 Å². The third-order valence-electron chi connectivity index (χ3n) is 1.99. The lowest BCUT2D eigenvalue weighted by Gasteiger charge is -2.17. The van der Waals surface area contributed by atoms with Gasteiger partial charge in [-0.2, -0.15) is 0 Å². The second kappa shape index (κ2) is 5.81. The molecule has 0 radical (unpaired) electrons. The fourth-order valence-electron chi connectivity index (χ4n) is 1.25. The van der Waals surface area contributed by atoms with Gasteiger partial charge in [-0.15, -0.1) is 6.58 Å². The second-order valence-electron chi connectivity index (χ2n) is 3.13. The van der Waals surface area contributed by atoms with Crippen molar-refractivity contribution in [1.29, 1.82) is 0 Å². The molecule has 1 aromatic rings. The number of H-pyrrole nitrogens is 1. The third-order valence-corrected chi connectivity index (χ3v) is 2.56. The van der Waals surface area contributed by atoms with E-state index in [0.717, 1.165) is 0 Å². The number of ether oxygens (including phenoxy) is 1. The Kier molecular flexibility index (Phi) is 4.70. The molecule has 1 rings (SSSR count). The van der Waals surface area contributed by atoms with Crippen molar-refractivity contribution in [3.63, 3.8) is 0 Å². The summed E-state index contributed by atoms with van der Waals surface area (Å²) in [5.74, 6) is 0. The molecular formula is C10H13BrN2O3. The van der Waals surface area contributed by atoms with Gasteiger partial charge in [-0.25, -0.2) is 4.79 Å². The lowest BCUT2D eigenvalue weighted by Crippen LogP contribution is -2.33. The minimum atomic E-state index is -0.482. The standard InChI is InChI=1S/C10H13BrN2O3/c1-3-5-16-8(4-2)13-6-7(11)9(14)12-10(13)15/h3,6,8H,1,4-5H2,2H3,(H,12,14,15). The number of rotatable bonds is 5. The zero-order valence-electron chi connectivity index (χ0n) is 8.90. The van der Waals surface area contributed by atoms with Gasteiger partial charge in [0.05, 0.1) is 11.1 Å². The van der Waals surface area contributed by atoms with E-state index in [9.17, 15) is 9.59 Å². The molecule has 1 atom stereocenters. The van der Waals surface area contributed by atoms with Gasteiger partial charge in [0.15, 0.2) is 0 Å². The first kappa shape index (κ1) is 12.9. The molecule has 6 heteroatoms. The average Bonchev–Trinajstić information content (AvgIpc) is 2.26. The van der Waals surface area contributed by atoms with Crippen molar-refractivity contribution in [3.05, 3.63) is 44.2 Å². The van der Waals surface area contributed by atoms with Crippen LogP contribution in [0.3, 0.4) is 0 Å². The van der Waals surface area contributed by atoms with E-state index in [2.05, 4.69) is 27.5 Å². The van der Waals surface area contributed by atoms with Crippen LogP contribution in [0.2, 0.25) is 0 Å². The fourth-order valence-corrected chi connectivity index (χ4v) is 1.57. The molecule has 0 aliphatic rings. The van der Waals surface area contributed by atoms with Gasteiger partial charge in [0.1, 0.15) is 6.23 Å². The van der Waals surface area contributed by atoms with Crippen LogP contribution < -0.4 is 11.2 Å². The molecular weight excluding hydrogens is 276 g/mol. The van der Waals surface area contributed by atoms with Crippen molar-refractivity contribution in [1.82, 2.24) is 9.55 Å². The van der Waals surface area contributed by atoms with E-state index in [-0.39, 0.29) is 0 Å². The van der Waals surface area contributed by atoms with E-state index in [1.807, 2.05) is 6.92 Å². The van der Waals surface area contributed by atoms with Gasteiger partial charge in [-0.3, -0.25) is 14.3 Å². The Morgan fingerprint density at radius 2 is 2.38 bits per heavy atom. The van der Waals surface area contributed by atoms with Crippen molar-refractivity contribution in [2.24, 2.45) is 0 Å². The van der Waals surface area contributed by atoms with Crippen LogP contribution in [0.25, 0.3) is 0 Å². The van der Waals surface area contributed by atoms with E-state index in [1.54, 1.807) is 6.08 Å². The predicted octanol–water partition coefficient (Wildman–Crippen LogP) is 1.41. The van der Waals surface area contributed by atoms with E-state index in [0.29, 0.717) is 17.5 Å². The lowest BCUT2D eigenvalue weighted by molar-refractivity contribution is 0.0134. The van der Waals surface area contributed by atoms with E-state index >= 15 is 0 Å². The SMILES string of the molecule is C=CCOC(CC)n1cc(Br)c(=O)[nH]c1=O. The quantitative estimate of drug-likeness (QED) is 0.834. The Bertz CT molecular complexity index is 478. The Balaban J connectivity index is 3.09. The van der Waals surface area contributed by atoms with Crippen LogP contribution in [0.15, 0.2) is 32.9 Å². The second-order valence-corrected chi connectivity index (χ2v) is 3.98. The van der Waals surface area contributed by atoms with Crippen molar-refractivity contribution in [2.75, 3.05) is 6.61 Å². The van der Waals surface area contributed by atoms with Crippen molar-refractivity contribution in [3.8, 4) is 0 Å². The van der Waals surface area contributed by atoms with E-state index < -0.39 is 17.5 Å². The molecule has 0 aromatic carbocycles. The molecule has 0 saturated heterocycles. The molecule has 0 saturated carbocycles. The number of nitrogens with one attached hydrogen (secondary N) is 1. The molecule has 88 valence electrons. The number of halogens is 1. The summed E-state index contributed by atoms with van der Waals surface area (Å²) in [7, 11) is 0. The number of hydrogen-bond donors (Lipinski definition) is 1. The first-order valence-electron chi connectivity index (χ1n) is 4.83. The van der Waals surface area contributed by atoms with Gasteiger partial charge >= 0.3 is 5.69 Å². The smallest absolute Gasteiger partial charge is 0.330 e. The lowest BCUT2D eigenvalue weighted by atomic mass is 10.4. The first-order valence-corrected chi connectivity index (χ1v) is 5.63. The summed E-state index contributed by atoms with van der Waals surface area (Å²) in [5.41, 5.74) is -0.927. The summed E-state index contributed by atoms with van der Waals surface area (Å²) in [5, 5.41) is 0. The monoisotopic (exact) mass is 288 g/mol. The maximum atomic E-state index is 11.5. The number of aromatic amines is 1. The zero-order valence-corrected chi connectivity index (χ0v) is 10.5. The summed E-state index contributed by atoms with van der Waals surface area (Å²) in [6, 6.07) is 0. The average molecular weight is 289 g/mol. The predicted molar refractivity (Wildman–Crippen MR) is 64.5 cm³/mol. The Morgan fingerprint density at radius 1 is 1.69 bits per heavy atom. The highest BCUT2D eigenvalue weighted by Gasteiger charge is 2.11. The van der Waals surface area contributed by atoms with Crippen LogP contribution in [-0.4, -0.2) is 16.2 Å². The molecule has 1 unspecified atom stereocenters. The highest BCUT2D eigenvalue weighted by Crippen LogP contribution is 2.11. The summed E-state index contributed by atoms with van der Waals surface area (Å²) in [6.07, 6.45) is 3.25. The fraction of sp³-hybridized carbons (Fsp3) is 0.400. The molecule has 0 aliphatic carbocycles. The molecule has 0 amide bonds. The van der Waals surface area contributed by atoms with Crippen LogP contribution in [-0.2, 0) is 4.74 Å². The maximum absolute atomic E-state index is 11.5. The topological polar surface area (TPSA) is 64.1 Å². The van der Waals surface area contributed by atoms with Crippen LogP contribution in [0.1, 0.15) is 19.6 Å². The largest absolute Gasteiger partial charge is 0.354 e. The van der Waals surface area contributed by atoms with Crippen molar-refractivity contribution < 1.29 is 4.74 Å². The molecule has 5 nitrogen and oxygen atoms in total.